The van der Waals surface area contributed by atoms with Crippen molar-refractivity contribution in [1.29, 1.82) is 0 Å². The monoisotopic (exact) mass is 574 g/mol. The zero-order valence-corrected chi connectivity index (χ0v) is 23.4. The van der Waals surface area contributed by atoms with Gasteiger partial charge in [0.05, 0.1) is 36.8 Å². The second-order valence-corrected chi connectivity index (χ2v) is 10.7. The number of hydrogen-bond acceptors (Lipinski definition) is 6. The number of H-pyrrole nitrogens is 1. The van der Waals surface area contributed by atoms with E-state index in [1.54, 1.807) is 34.3 Å². The van der Waals surface area contributed by atoms with Crippen molar-refractivity contribution in [2.45, 2.75) is 19.7 Å². The van der Waals surface area contributed by atoms with E-state index in [4.69, 9.17) is 4.74 Å². The molecular weight excluding hydrogens is 544 g/mol. The molecule has 1 fully saturated rings. The Hall–Kier alpha value is -5.06. The molecule has 216 valence electrons. The van der Waals surface area contributed by atoms with E-state index in [-0.39, 0.29) is 18.5 Å². The molecule has 0 spiro atoms. The zero-order chi connectivity index (χ0) is 29.3. The quantitative estimate of drug-likeness (QED) is 0.277. The van der Waals surface area contributed by atoms with Gasteiger partial charge in [-0.15, -0.1) is 0 Å². The van der Waals surface area contributed by atoms with Crippen LogP contribution in [0.1, 0.15) is 27.0 Å². The predicted molar refractivity (Wildman–Crippen MR) is 162 cm³/mol. The lowest BCUT2D eigenvalue weighted by atomic mass is 9.97. The van der Waals surface area contributed by atoms with Gasteiger partial charge in [-0.05, 0) is 52.6 Å². The summed E-state index contributed by atoms with van der Waals surface area (Å²) >= 11 is 0. The number of urea groups is 1. The molecule has 0 radical (unpaired) electrons. The van der Waals surface area contributed by atoms with Crippen LogP contribution in [-0.4, -0.2) is 68.1 Å². The average molecular weight is 575 g/mol. The van der Waals surface area contributed by atoms with Crippen LogP contribution in [0.25, 0.3) is 33.5 Å². The number of aromatic nitrogens is 3. The van der Waals surface area contributed by atoms with Crippen LogP contribution in [0.3, 0.4) is 0 Å². The Morgan fingerprint density at radius 2 is 1.70 bits per heavy atom. The van der Waals surface area contributed by atoms with Crippen LogP contribution in [0.15, 0.2) is 79.1 Å². The number of ether oxygens (including phenoxy) is 1. The molecule has 3 N–H and O–H groups in total. The number of benzene rings is 2. The summed E-state index contributed by atoms with van der Waals surface area (Å²) in [5, 5.41) is 14.3. The molecule has 2 aliphatic heterocycles. The molecular formula is C33H30N6O4. The first-order valence-electron chi connectivity index (χ1n) is 14.3. The van der Waals surface area contributed by atoms with E-state index in [9.17, 15) is 14.7 Å². The number of fused-ring (bicyclic) bond motifs is 2. The third kappa shape index (κ3) is 5.11. The lowest BCUT2D eigenvalue weighted by Gasteiger charge is -2.26. The van der Waals surface area contributed by atoms with E-state index in [0.29, 0.717) is 67.5 Å². The summed E-state index contributed by atoms with van der Waals surface area (Å²) in [6, 6.07) is 20.9. The minimum Gasteiger partial charge on any atom is -0.392 e. The summed E-state index contributed by atoms with van der Waals surface area (Å²) in [4.78, 5) is 42.0. The third-order valence-corrected chi connectivity index (χ3v) is 8.11. The second-order valence-electron chi connectivity index (χ2n) is 10.7. The van der Waals surface area contributed by atoms with Crippen molar-refractivity contribution in [3.05, 3.63) is 101 Å². The van der Waals surface area contributed by atoms with Gasteiger partial charge in [0.25, 0.3) is 5.91 Å². The molecule has 10 nitrogen and oxygen atoms in total. The maximum absolute atomic E-state index is 13.2. The number of pyridine rings is 2. The van der Waals surface area contributed by atoms with Crippen molar-refractivity contribution in [3.63, 3.8) is 0 Å². The predicted octanol–water partition coefficient (Wildman–Crippen LogP) is 4.80. The fourth-order valence-corrected chi connectivity index (χ4v) is 5.83. The van der Waals surface area contributed by atoms with Crippen LogP contribution < -0.4 is 5.32 Å². The topological polar surface area (TPSA) is 124 Å². The average Bonchev–Trinajstić information content (AvgIpc) is 3.70. The molecule has 5 aromatic rings. The molecule has 43 heavy (non-hydrogen) atoms. The molecule has 0 bridgehead atoms. The highest BCUT2D eigenvalue weighted by Gasteiger charge is 2.24. The number of aliphatic hydroxyl groups is 1. The van der Waals surface area contributed by atoms with Crippen molar-refractivity contribution in [3.8, 4) is 22.5 Å². The Labute approximate surface area is 248 Å². The lowest BCUT2D eigenvalue weighted by Crippen LogP contribution is -2.40. The fourth-order valence-electron chi connectivity index (χ4n) is 5.83. The highest BCUT2D eigenvalue weighted by atomic mass is 16.5. The van der Waals surface area contributed by atoms with Gasteiger partial charge in [-0.1, -0.05) is 36.4 Å². The largest absolute Gasteiger partial charge is 0.392 e. The maximum Gasteiger partial charge on any atom is 0.322 e. The highest BCUT2D eigenvalue weighted by molar-refractivity contribution is 5.99. The van der Waals surface area contributed by atoms with Crippen LogP contribution in [0.2, 0.25) is 0 Å². The summed E-state index contributed by atoms with van der Waals surface area (Å²) in [5.41, 5.74) is 7.74. The van der Waals surface area contributed by atoms with Crippen molar-refractivity contribution in [1.82, 2.24) is 24.8 Å². The van der Waals surface area contributed by atoms with Crippen molar-refractivity contribution in [2.24, 2.45) is 0 Å². The van der Waals surface area contributed by atoms with Gasteiger partial charge in [-0.25, -0.2) is 9.78 Å². The number of anilines is 1. The summed E-state index contributed by atoms with van der Waals surface area (Å²) < 4.78 is 5.35. The lowest BCUT2D eigenvalue weighted by molar-refractivity contribution is 0.0302. The summed E-state index contributed by atoms with van der Waals surface area (Å²) in [6.07, 6.45) is 3.31. The molecule has 10 heteroatoms. The molecule has 2 aliphatic rings. The molecule has 0 unspecified atom stereocenters. The Morgan fingerprint density at radius 1 is 0.907 bits per heavy atom. The van der Waals surface area contributed by atoms with E-state index >= 15 is 0 Å². The first-order chi connectivity index (χ1) is 21.1. The maximum atomic E-state index is 13.2. The van der Waals surface area contributed by atoms with Gasteiger partial charge < -0.3 is 29.9 Å². The smallest absolute Gasteiger partial charge is 0.322 e. The van der Waals surface area contributed by atoms with Gasteiger partial charge in [0.2, 0.25) is 0 Å². The molecule has 0 aliphatic carbocycles. The van der Waals surface area contributed by atoms with E-state index in [1.165, 1.54) is 0 Å². The Balaban J connectivity index is 1.16. The number of hydrogen-bond donors (Lipinski definition) is 3. The van der Waals surface area contributed by atoms with E-state index in [2.05, 4.69) is 20.3 Å². The SMILES string of the molecule is O=C(Nc1cccc(-c2ccnc3[nH]c(-c4ccc(C(=O)N5CCOCC5)cn4)cc23)c1CO)N1Cc2ccccc2C1. The van der Waals surface area contributed by atoms with Crippen LogP contribution in [0.5, 0.6) is 0 Å². The van der Waals surface area contributed by atoms with Gasteiger partial charge in [-0.3, -0.25) is 9.78 Å². The number of amides is 3. The van der Waals surface area contributed by atoms with Crippen molar-refractivity contribution < 1.29 is 19.4 Å². The number of carbonyl (C=O) groups is 2. The molecule has 2 aromatic carbocycles. The number of rotatable bonds is 5. The van der Waals surface area contributed by atoms with Crippen LogP contribution in [0.4, 0.5) is 10.5 Å². The third-order valence-electron chi connectivity index (χ3n) is 8.11. The van der Waals surface area contributed by atoms with E-state index < -0.39 is 0 Å². The Bertz CT molecular complexity index is 1800. The minimum absolute atomic E-state index is 0.0549. The molecule has 3 aromatic heterocycles. The van der Waals surface area contributed by atoms with Crippen molar-refractivity contribution in [2.75, 3.05) is 31.6 Å². The van der Waals surface area contributed by atoms with E-state index in [0.717, 1.165) is 33.3 Å². The summed E-state index contributed by atoms with van der Waals surface area (Å²) in [6.45, 7) is 3.07. The van der Waals surface area contributed by atoms with Gasteiger partial charge in [0.1, 0.15) is 5.65 Å². The standard InChI is InChI=1S/C33H30N6O4/c40-20-27-24(6-3-7-28(27)37-33(42)39-18-22-4-1-2-5-23(22)19-39)25-10-11-34-31-26(25)16-30(36-31)29-9-8-21(17-35-29)32(41)38-12-14-43-15-13-38/h1-11,16-17,40H,12-15,18-20H2,(H,34,36)(H,37,42). The number of morpholine rings is 1. The zero-order valence-electron chi connectivity index (χ0n) is 23.4. The van der Waals surface area contributed by atoms with Crippen LogP contribution >= 0.6 is 0 Å². The Kier molecular flexibility index (Phi) is 7.06. The number of aromatic amines is 1. The fraction of sp³-hybridized carbons (Fsp3) is 0.212. The van der Waals surface area contributed by atoms with Gasteiger partial charge in [-0.2, -0.15) is 0 Å². The molecule has 5 heterocycles. The van der Waals surface area contributed by atoms with Crippen molar-refractivity contribution >= 4 is 28.7 Å². The second kappa shape index (κ2) is 11.3. The molecule has 0 saturated carbocycles. The number of aliphatic hydroxyl groups excluding tert-OH is 1. The first kappa shape index (κ1) is 26.8. The Morgan fingerprint density at radius 3 is 2.42 bits per heavy atom. The number of carbonyl (C=O) groups excluding carboxylic acids is 2. The van der Waals surface area contributed by atoms with Crippen LogP contribution in [-0.2, 0) is 24.4 Å². The van der Waals surface area contributed by atoms with Gasteiger partial charge in [0.15, 0.2) is 0 Å². The molecule has 3 amide bonds. The summed E-state index contributed by atoms with van der Waals surface area (Å²) in [7, 11) is 0. The molecule has 0 atom stereocenters. The number of nitrogens with one attached hydrogen (secondary N) is 2. The first-order valence-corrected chi connectivity index (χ1v) is 14.3. The number of nitrogens with zero attached hydrogens (tertiary/aromatic N) is 4. The minimum atomic E-state index is -0.257. The van der Waals surface area contributed by atoms with Gasteiger partial charge in [0, 0.05) is 55.2 Å². The molecule has 1 saturated heterocycles. The van der Waals surface area contributed by atoms with Crippen LogP contribution in [0, 0.1) is 0 Å². The molecule has 7 rings (SSSR count). The van der Waals surface area contributed by atoms with E-state index in [1.807, 2.05) is 54.6 Å². The normalized spacial score (nSPS) is 14.6. The summed E-state index contributed by atoms with van der Waals surface area (Å²) in [5.74, 6) is -0.0549. The highest BCUT2D eigenvalue weighted by Crippen LogP contribution is 2.36. The van der Waals surface area contributed by atoms with Gasteiger partial charge >= 0.3 is 6.03 Å².